The molecular formula is C30H32O6. The summed E-state index contributed by atoms with van der Waals surface area (Å²) in [7, 11) is 0. The van der Waals surface area contributed by atoms with Crippen molar-refractivity contribution < 1.29 is 28.5 Å². The molecule has 0 aliphatic carbocycles. The maximum absolute atomic E-state index is 11.6. The van der Waals surface area contributed by atoms with E-state index in [1.54, 1.807) is 12.1 Å². The molecule has 1 aliphatic heterocycles. The second-order valence-electron chi connectivity index (χ2n) is 9.07. The van der Waals surface area contributed by atoms with Gasteiger partial charge in [-0.3, -0.25) is 9.59 Å². The smallest absolute Gasteiger partial charge is 0.308 e. The van der Waals surface area contributed by atoms with Gasteiger partial charge < -0.3 is 18.9 Å². The molecule has 0 aromatic heterocycles. The molecule has 3 atom stereocenters. The third-order valence-electron chi connectivity index (χ3n) is 6.13. The van der Waals surface area contributed by atoms with Crippen molar-refractivity contribution in [3.05, 3.63) is 95.6 Å². The third-order valence-corrected chi connectivity index (χ3v) is 6.13. The average Bonchev–Trinajstić information content (AvgIpc) is 2.87. The average molecular weight is 489 g/mol. The van der Waals surface area contributed by atoms with Crippen LogP contribution in [-0.2, 0) is 32.1 Å². The molecule has 4 rings (SSSR count). The zero-order valence-corrected chi connectivity index (χ0v) is 20.7. The zero-order valence-electron chi connectivity index (χ0n) is 20.7. The Morgan fingerprint density at radius 3 is 2.17 bits per heavy atom. The summed E-state index contributed by atoms with van der Waals surface area (Å²) in [4.78, 5) is 22.8. The summed E-state index contributed by atoms with van der Waals surface area (Å²) in [5.74, 6) is 0.688. The van der Waals surface area contributed by atoms with Crippen molar-refractivity contribution in [2.24, 2.45) is 0 Å². The number of benzene rings is 3. The zero-order chi connectivity index (χ0) is 25.3. The third kappa shape index (κ3) is 7.68. The summed E-state index contributed by atoms with van der Waals surface area (Å²) in [5.41, 5.74) is 3.30. The van der Waals surface area contributed by atoms with E-state index in [1.165, 1.54) is 19.4 Å². The molecule has 36 heavy (non-hydrogen) atoms. The van der Waals surface area contributed by atoms with Crippen LogP contribution in [-0.4, -0.2) is 24.1 Å². The molecule has 0 amide bonds. The van der Waals surface area contributed by atoms with Crippen molar-refractivity contribution in [1.82, 2.24) is 0 Å². The molecule has 0 unspecified atom stereocenters. The molecule has 3 aromatic rings. The molecule has 188 valence electrons. The molecule has 0 radical (unpaired) electrons. The molecule has 6 heteroatoms. The summed E-state index contributed by atoms with van der Waals surface area (Å²) >= 11 is 0. The number of carbonyl (C=O) groups excluding carboxylic acids is 2. The van der Waals surface area contributed by atoms with E-state index in [4.69, 9.17) is 18.9 Å². The number of esters is 2. The number of ether oxygens (including phenoxy) is 4. The topological polar surface area (TPSA) is 71.1 Å². The normalized spacial score (nSPS) is 19.3. The maximum atomic E-state index is 11.6. The molecule has 1 fully saturated rings. The molecule has 0 spiro atoms. The SMILES string of the molecule is CC(=O)Oc1ccc([C@@H]2C[C@H](OC(C)=O)C[C@H](CCc3ccc(OCc4ccccc4)cc3)O2)cc1. The van der Waals surface area contributed by atoms with Crippen LogP contribution in [0.3, 0.4) is 0 Å². The highest BCUT2D eigenvalue weighted by Crippen LogP contribution is 2.35. The van der Waals surface area contributed by atoms with Crippen LogP contribution in [0.15, 0.2) is 78.9 Å². The first-order valence-corrected chi connectivity index (χ1v) is 12.3. The molecule has 6 nitrogen and oxygen atoms in total. The van der Waals surface area contributed by atoms with Gasteiger partial charge in [0.05, 0.1) is 12.2 Å². The van der Waals surface area contributed by atoms with Crippen molar-refractivity contribution in [2.75, 3.05) is 0 Å². The molecule has 3 aromatic carbocycles. The minimum Gasteiger partial charge on any atom is -0.489 e. The Kier molecular flexibility index (Phi) is 8.74. The second kappa shape index (κ2) is 12.4. The van der Waals surface area contributed by atoms with Crippen LogP contribution in [0.2, 0.25) is 0 Å². The van der Waals surface area contributed by atoms with E-state index in [1.807, 2.05) is 54.6 Å². The summed E-state index contributed by atoms with van der Waals surface area (Å²) in [6, 6.07) is 25.5. The van der Waals surface area contributed by atoms with Crippen LogP contribution in [0.5, 0.6) is 11.5 Å². The quantitative estimate of drug-likeness (QED) is 0.273. The molecule has 1 aliphatic rings. The predicted octanol–water partition coefficient (Wildman–Crippen LogP) is 5.98. The minimum atomic E-state index is -0.359. The van der Waals surface area contributed by atoms with Gasteiger partial charge in [-0.25, -0.2) is 0 Å². The summed E-state index contributed by atoms with van der Waals surface area (Å²) in [6.45, 7) is 3.35. The molecule has 1 saturated heterocycles. The maximum Gasteiger partial charge on any atom is 0.308 e. The van der Waals surface area contributed by atoms with Crippen LogP contribution < -0.4 is 9.47 Å². The van der Waals surface area contributed by atoms with E-state index < -0.39 is 0 Å². The fraction of sp³-hybridized carbons (Fsp3) is 0.333. The van der Waals surface area contributed by atoms with E-state index >= 15 is 0 Å². The minimum absolute atomic E-state index is 0.0461. The fourth-order valence-corrected chi connectivity index (χ4v) is 4.44. The lowest BCUT2D eigenvalue weighted by Crippen LogP contribution is -2.34. The Morgan fingerprint density at radius 2 is 1.50 bits per heavy atom. The molecular weight excluding hydrogens is 456 g/mol. The number of hydrogen-bond acceptors (Lipinski definition) is 6. The summed E-state index contributed by atoms with van der Waals surface area (Å²) in [5, 5.41) is 0. The molecule has 1 heterocycles. The number of hydrogen-bond donors (Lipinski definition) is 0. The molecule has 0 saturated carbocycles. The van der Waals surface area contributed by atoms with E-state index in [2.05, 4.69) is 12.1 Å². The molecule has 0 bridgehead atoms. The predicted molar refractivity (Wildman–Crippen MR) is 136 cm³/mol. The highest BCUT2D eigenvalue weighted by atomic mass is 16.6. The number of carbonyl (C=O) groups is 2. The lowest BCUT2D eigenvalue weighted by molar-refractivity contribution is -0.160. The Hall–Kier alpha value is -3.64. The Labute approximate surface area is 212 Å². The lowest BCUT2D eigenvalue weighted by Gasteiger charge is -2.35. The van der Waals surface area contributed by atoms with Gasteiger partial charge in [-0.2, -0.15) is 0 Å². The summed E-state index contributed by atoms with van der Waals surface area (Å²) in [6.07, 6.45) is 2.46. The van der Waals surface area contributed by atoms with E-state index in [9.17, 15) is 9.59 Å². The van der Waals surface area contributed by atoms with Crippen LogP contribution in [0, 0.1) is 0 Å². The van der Waals surface area contributed by atoms with Gasteiger partial charge in [0, 0.05) is 26.7 Å². The van der Waals surface area contributed by atoms with Gasteiger partial charge in [0.15, 0.2) is 0 Å². The lowest BCUT2D eigenvalue weighted by atomic mass is 9.93. The Bertz CT molecular complexity index is 1120. The Balaban J connectivity index is 1.34. The van der Waals surface area contributed by atoms with Gasteiger partial charge >= 0.3 is 11.9 Å². The van der Waals surface area contributed by atoms with Crippen molar-refractivity contribution in [3.8, 4) is 11.5 Å². The van der Waals surface area contributed by atoms with E-state index in [-0.39, 0.29) is 30.3 Å². The van der Waals surface area contributed by atoms with Gasteiger partial charge in [0.1, 0.15) is 24.2 Å². The van der Waals surface area contributed by atoms with Gasteiger partial charge in [-0.05, 0) is 53.8 Å². The van der Waals surface area contributed by atoms with Crippen LogP contribution in [0.4, 0.5) is 0 Å². The number of aryl methyl sites for hydroxylation is 1. The van der Waals surface area contributed by atoms with Crippen molar-refractivity contribution in [3.63, 3.8) is 0 Å². The first-order chi connectivity index (χ1) is 17.4. The van der Waals surface area contributed by atoms with Crippen LogP contribution >= 0.6 is 0 Å². The van der Waals surface area contributed by atoms with Crippen molar-refractivity contribution in [2.45, 2.75) is 64.4 Å². The highest BCUT2D eigenvalue weighted by Gasteiger charge is 2.32. The summed E-state index contributed by atoms with van der Waals surface area (Å²) < 4.78 is 23.0. The van der Waals surface area contributed by atoms with Crippen LogP contribution in [0.25, 0.3) is 0 Å². The second-order valence-corrected chi connectivity index (χ2v) is 9.07. The first-order valence-electron chi connectivity index (χ1n) is 12.3. The van der Waals surface area contributed by atoms with Gasteiger partial charge in [-0.15, -0.1) is 0 Å². The van der Waals surface area contributed by atoms with Crippen molar-refractivity contribution >= 4 is 11.9 Å². The van der Waals surface area contributed by atoms with E-state index in [0.717, 1.165) is 29.7 Å². The van der Waals surface area contributed by atoms with Gasteiger partial charge in [0.2, 0.25) is 0 Å². The first kappa shape index (κ1) is 25.5. The largest absolute Gasteiger partial charge is 0.489 e. The van der Waals surface area contributed by atoms with Gasteiger partial charge in [0.25, 0.3) is 0 Å². The van der Waals surface area contributed by atoms with Gasteiger partial charge in [-0.1, -0.05) is 54.6 Å². The highest BCUT2D eigenvalue weighted by molar-refractivity contribution is 5.69. The number of rotatable bonds is 9. The standard InChI is InChI=1S/C30H32O6/c1-21(31)34-27-16-11-25(12-17-27)30-19-29(35-22(2)32)18-28(36-30)15-10-23-8-13-26(14-9-23)33-20-24-6-4-3-5-7-24/h3-9,11-14,16-17,28-30H,10,15,18-20H2,1-2H3/t28-,29+,30-/m0/s1. The Morgan fingerprint density at radius 1 is 0.806 bits per heavy atom. The molecule has 0 N–H and O–H groups in total. The fourth-order valence-electron chi connectivity index (χ4n) is 4.44. The van der Waals surface area contributed by atoms with E-state index in [0.29, 0.717) is 25.2 Å². The monoisotopic (exact) mass is 488 g/mol. The van der Waals surface area contributed by atoms with Crippen LogP contribution in [0.1, 0.15) is 55.9 Å². The van der Waals surface area contributed by atoms with Crippen molar-refractivity contribution in [1.29, 1.82) is 0 Å².